The van der Waals surface area contributed by atoms with Crippen LogP contribution in [-0.2, 0) is 11.3 Å². The van der Waals surface area contributed by atoms with Crippen molar-refractivity contribution in [1.82, 2.24) is 15.5 Å². The Kier molecular flexibility index (Phi) is 6.51. The lowest BCUT2D eigenvalue weighted by atomic mass is 10.0. The fraction of sp³-hybridized carbons (Fsp3) is 0.400. The first-order chi connectivity index (χ1) is 17.9. The predicted octanol–water partition coefficient (Wildman–Crippen LogP) is 5.08. The highest BCUT2D eigenvalue weighted by atomic mass is 32.1. The van der Waals surface area contributed by atoms with E-state index in [1.165, 1.54) is 9.75 Å². The minimum atomic E-state index is -0.149. The van der Waals surface area contributed by atoms with Gasteiger partial charge in [-0.2, -0.15) is 0 Å². The van der Waals surface area contributed by atoms with Crippen LogP contribution in [0.15, 0.2) is 54.6 Å². The standard InChI is InChI=1S/C30H33N3O3S/c1-18-6-9-24(36-25-15-31-16-25)14-27(18)29(34)32-19(2)20-4-3-5-21(12-20)28-11-10-26(37-28)17-33-23-8-7-22(13-23)30(33)35/h3-6,9-12,14,19,22-23,25,31H,7-8,13,15-17H2,1-2H3,(H,32,34)/t19-,22-,23+/m1/s1. The number of carbonyl (C=O) groups is 2. The molecule has 2 N–H and O–H groups in total. The lowest BCUT2D eigenvalue weighted by Crippen LogP contribution is -2.50. The Hall–Kier alpha value is -3.16. The van der Waals surface area contributed by atoms with Crippen molar-refractivity contribution in [2.45, 2.75) is 57.8 Å². The van der Waals surface area contributed by atoms with E-state index < -0.39 is 0 Å². The van der Waals surface area contributed by atoms with Crippen LogP contribution in [0, 0.1) is 12.8 Å². The monoisotopic (exact) mass is 515 g/mol. The Morgan fingerprint density at radius 1 is 1.16 bits per heavy atom. The number of benzene rings is 2. The van der Waals surface area contributed by atoms with Gasteiger partial charge in [-0.3, -0.25) is 9.59 Å². The van der Waals surface area contributed by atoms with E-state index in [-0.39, 0.29) is 24.0 Å². The van der Waals surface area contributed by atoms with E-state index in [0.717, 1.165) is 61.3 Å². The lowest BCUT2D eigenvalue weighted by molar-refractivity contribution is -0.134. The number of rotatable bonds is 8. The van der Waals surface area contributed by atoms with Crippen molar-refractivity contribution < 1.29 is 14.3 Å². The second kappa shape index (κ2) is 9.95. The van der Waals surface area contributed by atoms with Gasteiger partial charge in [-0.1, -0.05) is 24.3 Å². The van der Waals surface area contributed by atoms with E-state index in [1.807, 2.05) is 38.1 Å². The number of nitrogens with one attached hydrogen (secondary N) is 2. The van der Waals surface area contributed by atoms with Crippen LogP contribution in [0.5, 0.6) is 5.75 Å². The van der Waals surface area contributed by atoms with Gasteiger partial charge in [-0.25, -0.2) is 0 Å². The highest BCUT2D eigenvalue weighted by Gasteiger charge is 2.44. The Labute approximate surface area is 222 Å². The van der Waals surface area contributed by atoms with Crippen LogP contribution < -0.4 is 15.4 Å². The van der Waals surface area contributed by atoms with E-state index in [0.29, 0.717) is 17.5 Å². The van der Waals surface area contributed by atoms with Crippen molar-refractivity contribution in [2.75, 3.05) is 13.1 Å². The Balaban J connectivity index is 1.13. The molecule has 6 nitrogen and oxygen atoms in total. The number of hydrogen-bond donors (Lipinski definition) is 2. The number of thiophene rings is 1. The second-order valence-corrected chi connectivity index (χ2v) is 11.8. The van der Waals surface area contributed by atoms with Crippen LogP contribution in [0.1, 0.15) is 58.6 Å². The van der Waals surface area contributed by atoms with Gasteiger partial charge < -0.3 is 20.3 Å². The molecule has 2 aliphatic heterocycles. The summed E-state index contributed by atoms with van der Waals surface area (Å²) in [5.74, 6) is 1.23. The molecule has 192 valence electrons. The fourth-order valence-electron chi connectivity index (χ4n) is 5.65. The lowest BCUT2D eigenvalue weighted by Gasteiger charge is -2.28. The van der Waals surface area contributed by atoms with Crippen LogP contribution in [-0.4, -0.2) is 41.9 Å². The minimum Gasteiger partial charge on any atom is -0.488 e. The molecule has 2 saturated heterocycles. The number of piperidine rings is 1. The molecule has 1 aliphatic carbocycles. The molecule has 2 bridgehead atoms. The van der Waals surface area contributed by atoms with Gasteiger partial charge in [0.25, 0.3) is 5.91 Å². The summed E-state index contributed by atoms with van der Waals surface area (Å²) in [6, 6.07) is 18.6. The van der Waals surface area contributed by atoms with Crippen molar-refractivity contribution in [3.63, 3.8) is 0 Å². The Morgan fingerprint density at radius 3 is 2.78 bits per heavy atom. The largest absolute Gasteiger partial charge is 0.488 e. The van der Waals surface area contributed by atoms with Crippen LogP contribution in [0.3, 0.4) is 0 Å². The van der Waals surface area contributed by atoms with Gasteiger partial charge in [0.1, 0.15) is 11.9 Å². The Morgan fingerprint density at radius 2 is 2.03 bits per heavy atom. The average molecular weight is 516 g/mol. The number of likely N-dealkylation sites (tertiary alicyclic amines) is 1. The minimum absolute atomic E-state index is 0.101. The van der Waals surface area contributed by atoms with Gasteiger partial charge in [0.15, 0.2) is 0 Å². The maximum Gasteiger partial charge on any atom is 0.252 e. The number of ether oxygens (including phenoxy) is 1. The van der Waals surface area contributed by atoms with Crippen molar-refractivity contribution in [2.24, 2.45) is 5.92 Å². The molecule has 2 aromatic carbocycles. The van der Waals surface area contributed by atoms with Crippen molar-refractivity contribution in [1.29, 1.82) is 0 Å². The normalized spacial score (nSPS) is 21.7. The van der Waals surface area contributed by atoms with E-state index in [1.54, 1.807) is 11.3 Å². The molecule has 6 rings (SSSR count). The fourth-order valence-corrected chi connectivity index (χ4v) is 6.65. The first kappa shape index (κ1) is 24.2. The molecule has 1 aromatic heterocycles. The van der Waals surface area contributed by atoms with Gasteiger partial charge >= 0.3 is 0 Å². The Bertz CT molecular complexity index is 1330. The molecule has 7 heteroatoms. The number of nitrogens with zero attached hydrogens (tertiary/aromatic N) is 1. The number of fused-ring (bicyclic) bond motifs is 2. The zero-order chi connectivity index (χ0) is 25.5. The highest BCUT2D eigenvalue weighted by Crippen LogP contribution is 2.40. The SMILES string of the molecule is Cc1ccc(OC2CNC2)cc1C(=O)N[C@H](C)c1cccc(-c2ccc(CN3C(=O)[C@@H]4CC[C@H]3C4)s2)c1. The molecule has 3 fully saturated rings. The van der Waals surface area contributed by atoms with E-state index in [4.69, 9.17) is 4.74 Å². The summed E-state index contributed by atoms with van der Waals surface area (Å²) in [5, 5.41) is 6.36. The third-order valence-electron chi connectivity index (χ3n) is 7.99. The zero-order valence-corrected chi connectivity index (χ0v) is 22.1. The van der Waals surface area contributed by atoms with Crippen LogP contribution in [0.2, 0.25) is 0 Å². The molecule has 0 spiro atoms. The van der Waals surface area contributed by atoms with E-state index in [2.05, 4.69) is 45.9 Å². The van der Waals surface area contributed by atoms with Crippen molar-refractivity contribution in [3.8, 4) is 16.2 Å². The summed E-state index contributed by atoms with van der Waals surface area (Å²) >= 11 is 1.75. The van der Waals surface area contributed by atoms with Crippen molar-refractivity contribution in [3.05, 3.63) is 76.2 Å². The van der Waals surface area contributed by atoms with Crippen LogP contribution in [0.25, 0.3) is 10.4 Å². The molecule has 1 saturated carbocycles. The zero-order valence-electron chi connectivity index (χ0n) is 21.3. The molecule has 0 unspecified atom stereocenters. The number of carbonyl (C=O) groups excluding carboxylic acids is 2. The summed E-state index contributed by atoms with van der Waals surface area (Å²) in [4.78, 5) is 30.2. The third kappa shape index (κ3) is 4.90. The van der Waals surface area contributed by atoms with Crippen LogP contribution >= 0.6 is 11.3 Å². The molecule has 3 atom stereocenters. The second-order valence-electron chi connectivity index (χ2n) is 10.6. The van der Waals surface area contributed by atoms with E-state index in [9.17, 15) is 9.59 Å². The summed E-state index contributed by atoms with van der Waals surface area (Å²) in [6.45, 7) is 6.36. The average Bonchev–Trinajstić information content (AvgIpc) is 3.61. The van der Waals surface area contributed by atoms with Gasteiger partial charge in [0.05, 0.1) is 12.6 Å². The van der Waals surface area contributed by atoms with E-state index >= 15 is 0 Å². The van der Waals surface area contributed by atoms with Crippen LogP contribution in [0.4, 0.5) is 0 Å². The third-order valence-corrected chi connectivity index (χ3v) is 9.10. The summed E-state index contributed by atoms with van der Waals surface area (Å²) in [7, 11) is 0. The smallest absolute Gasteiger partial charge is 0.252 e. The molecule has 0 radical (unpaired) electrons. The highest BCUT2D eigenvalue weighted by molar-refractivity contribution is 7.15. The molecular formula is C30H33N3O3S. The molecule has 3 aliphatic rings. The first-order valence-corrected chi connectivity index (χ1v) is 14.0. The quantitative estimate of drug-likeness (QED) is 0.439. The van der Waals surface area contributed by atoms with Gasteiger partial charge in [-0.05, 0) is 80.1 Å². The molecule has 3 heterocycles. The van der Waals surface area contributed by atoms with Gasteiger partial charge in [0.2, 0.25) is 5.91 Å². The maximum absolute atomic E-state index is 13.2. The van der Waals surface area contributed by atoms with Gasteiger partial charge in [-0.15, -0.1) is 11.3 Å². The molecule has 37 heavy (non-hydrogen) atoms. The molecular weight excluding hydrogens is 482 g/mol. The molecule has 2 amide bonds. The summed E-state index contributed by atoms with van der Waals surface area (Å²) in [5.41, 5.74) is 3.75. The summed E-state index contributed by atoms with van der Waals surface area (Å²) in [6.07, 6.45) is 3.42. The number of aryl methyl sites for hydroxylation is 1. The number of hydrogen-bond acceptors (Lipinski definition) is 5. The van der Waals surface area contributed by atoms with Crippen molar-refractivity contribution >= 4 is 23.2 Å². The molecule has 3 aromatic rings. The maximum atomic E-state index is 13.2. The first-order valence-electron chi connectivity index (χ1n) is 13.2. The summed E-state index contributed by atoms with van der Waals surface area (Å²) < 4.78 is 5.95. The topological polar surface area (TPSA) is 70.7 Å². The predicted molar refractivity (Wildman–Crippen MR) is 146 cm³/mol. The van der Waals surface area contributed by atoms with Gasteiger partial charge in [0, 0.05) is 40.4 Å². The number of amides is 2.